The van der Waals surface area contributed by atoms with Crippen molar-refractivity contribution in [2.45, 2.75) is 58.6 Å². The zero-order valence-electron chi connectivity index (χ0n) is 13.2. The van der Waals surface area contributed by atoms with Crippen molar-refractivity contribution in [1.29, 1.82) is 0 Å². The van der Waals surface area contributed by atoms with Crippen LogP contribution in [0.1, 0.15) is 45.6 Å². The molecule has 0 saturated heterocycles. The highest BCUT2D eigenvalue weighted by Crippen LogP contribution is 2.21. The molecule has 4 heteroatoms. The summed E-state index contributed by atoms with van der Waals surface area (Å²) in [6.07, 6.45) is 7.98. The monoisotopic (exact) mass is 287 g/mol. The third-order valence-electron chi connectivity index (χ3n) is 3.74. The molecule has 0 amide bonds. The summed E-state index contributed by atoms with van der Waals surface area (Å²) in [5, 5.41) is 7.77. The molecule has 0 spiro atoms. The summed E-state index contributed by atoms with van der Waals surface area (Å²) in [5.41, 5.74) is 1.26. The zero-order valence-corrected chi connectivity index (χ0v) is 13.2. The summed E-state index contributed by atoms with van der Waals surface area (Å²) in [6, 6.07) is 8.47. The highest BCUT2D eigenvalue weighted by Gasteiger charge is 2.16. The lowest BCUT2D eigenvalue weighted by atomic mass is 10.1. The van der Waals surface area contributed by atoms with E-state index in [1.807, 2.05) is 10.9 Å². The molecule has 0 radical (unpaired) electrons. The van der Waals surface area contributed by atoms with Gasteiger partial charge in [-0.2, -0.15) is 0 Å². The van der Waals surface area contributed by atoms with Crippen LogP contribution in [0, 0.1) is 0 Å². The number of nitrogens with zero attached hydrogens (tertiary/aromatic N) is 3. The molecule has 0 saturated carbocycles. The predicted octanol–water partition coefficient (Wildman–Crippen LogP) is 3.87. The average Bonchev–Trinajstić information content (AvgIpc) is 2.98. The molecule has 0 fully saturated rings. The van der Waals surface area contributed by atoms with E-state index in [0.29, 0.717) is 0 Å². The third kappa shape index (κ3) is 5.21. The van der Waals surface area contributed by atoms with Crippen molar-refractivity contribution in [3.8, 4) is 5.75 Å². The second kappa shape index (κ2) is 7.25. The van der Waals surface area contributed by atoms with E-state index in [9.17, 15) is 0 Å². The first-order valence-corrected chi connectivity index (χ1v) is 7.71. The van der Waals surface area contributed by atoms with Crippen molar-refractivity contribution in [2.75, 3.05) is 0 Å². The van der Waals surface area contributed by atoms with Crippen LogP contribution in [0.25, 0.3) is 0 Å². The second-order valence-electron chi connectivity index (χ2n) is 5.98. The van der Waals surface area contributed by atoms with Gasteiger partial charge in [-0.25, -0.2) is 0 Å². The smallest absolute Gasteiger partial charge is 0.120 e. The molecule has 0 bridgehead atoms. The first-order chi connectivity index (χ1) is 10.1. The van der Waals surface area contributed by atoms with Gasteiger partial charge in [0.2, 0.25) is 0 Å². The molecule has 4 nitrogen and oxygen atoms in total. The van der Waals surface area contributed by atoms with Crippen molar-refractivity contribution < 1.29 is 4.74 Å². The number of ether oxygens (including phenoxy) is 1. The second-order valence-corrected chi connectivity index (χ2v) is 5.98. The van der Waals surface area contributed by atoms with Gasteiger partial charge in [0.15, 0.2) is 0 Å². The summed E-state index contributed by atoms with van der Waals surface area (Å²) in [6.45, 7) is 7.31. The molecular weight excluding hydrogens is 262 g/mol. The van der Waals surface area contributed by atoms with Crippen LogP contribution in [0.3, 0.4) is 0 Å². The lowest BCUT2D eigenvalue weighted by Crippen LogP contribution is -2.26. The molecule has 21 heavy (non-hydrogen) atoms. The van der Waals surface area contributed by atoms with Crippen LogP contribution >= 0.6 is 0 Å². The Morgan fingerprint density at radius 2 is 1.90 bits per heavy atom. The van der Waals surface area contributed by atoms with E-state index in [4.69, 9.17) is 4.74 Å². The van der Waals surface area contributed by atoms with Gasteiger partial charge in [0.1, 0.15) is 11.4 Å². The quantitative estimate of drug-likeness (QED) is 0.692. The highest BCUT2D eigenvalue weighted by atomic mass is 16.5. The first-order valence-electron chi connectivity index (χ1n) is 7.71. The standard InChI is InChI=1S/C17H25N3O/c1-4-17(2,3)21-16-10-8-15(9-11-16)7-5-6-13-20-14-12-18-19-20/h8-12,14H,4-7,13H2,1-3H3. The van der Waals surface area contributed by atoms with Gasteiger partial charge < -0.3 is 4.74 Å². The van der Waals surface area contributed by atoms with Crippen molar-refractivity contribution in [3.05, 3.63) is 42.2 Å². The maximum atomic E-state index is 5.96. The van der Waals surface area contributed by atoms with E-state index in [2.05, 4.69) is 55.3 Å². The maximum Gasteiger partial charge on any atom is 0.120 e. The highest BCUT2D eigenvalue weighted by molar-refractivity contribution is 5.27. The Labute approximate surface area is 127 Å². The number of benzene rings is 1. The summed E-state index contributed by atoms with van der Waals surface area (Å²) in [5.74, 6) is 0.952. The fourth-order valence-corrected chi connectivity index (χ4v) is 2.07. The first kappa shape index (κ1) is 15.5. The van der Waals surface area contributed by atoms with Crippen LogP contribution in [-0.4, -0.2) is 20.6 Å². The van der Waals surface area contributed by atoms with Crippen LogP contribution in [0.5, 0.6) is 5.75 Å². The number of aryl methyl sites for hydroxylation is 2. The molecule has 0 atom stereocenters. The minimum atomic E-state index is -0.0979. The van der Waals surface area contributed by atoms with Crippen molar-refractivity contribution in [3.63, 3.8) is 0 Å². The van der Waals surface area contributed by atoms with Gasteiger partial charge in [-0.15, -0.1) is 5.10 Å². The molecule has 2 rings (SSSR count). The molecule has 0 aliphatic carbocycles. The van der Waals surface area contributed by atoms with Crippen LogP contribution in [0.2, 0.25) is 0 Å². The van der Waals surface area contributed by atoms with Gasteiger partial charge in [-0.05, 0) is 57.2 Å². The summed E-state index contributed by atoms with van der Waals surface area (Å²) in [4.78, 5) is 0. The third-order valence-corrected chi connectivity index (χ3v) is 3.74. The molecule has 0 aliphatic heterocycles. The normalized spacial score (nSPS) is 11.6. The fraction of sp³-hybridized carbons (Fsp3) is 0.529. The van der Waals surface area contributed by atoms with Crippen LogP contribution < -0.4 is 4.74 Å². The molecule has 2 aromatic rings. The SMILES string of the molecule is CCC(C)(C)Oc1ccc(CCCCn2ccnn2)cc1. The Kier molecular flexibility index (Phi) is 5.37. The predicted molar refractivity (Wildman–Crippen MR) is 84.4 cm³/mol. The van der Waals surface area contributed by atoms with Gasteiger partial charge in [-0.1, -0.05) is 24.3 Å². The number of hydrogen-bond acceptors (Lipinski definition) is 3. The molecule has 1 aromatic heterocycles. The van der Waals surface area contributed by atoms with E-state index in [1.165, 1.54) is 5.56 Å². The van der Waals surface area contributed by atoms with Crippen molar-refractivity contribution in [1.82, 2.24) is 15.0 Å². The van der Waals surface area contributed by atoms with Gasteiger partial charge in [0, 0.05) is 12.7 Å². The molecule has 1 heterocycles. The maximum absolute atomic E-state index is 5.96. The summed E-state index contributed by atoms with van der Waals surface area (Å²) >= 11 is 0. The number of hydrogen-bond donors (Lipinski definition) is 0. The molecule has 0 aliphatic rings. The van der Waals surface area contributed by atoms with Crippen molar-refractivity contribution in [2.24, 2.45) is 0 Å². The Hall–Kier alpha value is -1.84. The van der Waals surface area contributed by atoms with Gasteiger partial charge in [0.05, 0.1) is 6.20 Å². The Bertz CT molecular complexity index is 517. The van der Waals surface area contributed by atoms with E-state index in [0.717, 1.165) is 38.0 Å². The minimum absolute atomic E-state index is 0.0979. The van der Waals surface area contributed by atoms with E-state index in [-0.39, 0.29) is 5.60 Å². The Balaban J connectivity index is 1.74. The fourth-order valence-electron chi connectivity index (χ4n) is 2.07. The summed E-state index contributed by atoms with van der Waals surface area (Å²) in [7, 11) is 0. The zero-order chi connectivity index (χ0) is 15.1. The lowest BCUT2D eigenvalue weighted by molar-refractivity contribution is 0.105. The molecular formula is C17H25N3O. The van der Waals surface area contributed by atoms with Crippen LogP contribution in [-0.2, 0) is 13.0 Å². The Morgan fingerprint density at radius 1 is 1.14 bits per heavy atom. The van der Waals surface area contributed by atoms with E-state index >= 15 is 0 Å². The van der Waals surface area contributed by atoms with E-state index < -0.39 is 0 Å². The molecule has 114 valence electrons. The largest absolute Gasteiger partial charge is 0.488 e. The molecule has 0 N–H and O–H groups in total. The number of unbranched alkanes of at least 4 members (excludes halogenated alkanes) is 1. The van der Waals surface area contributed by atoms with Crippen LogP contribution in [0.4, 0.5) is 0 Å². The summed E-state index contributed by atoms with van der Waals surface area (Å²) < 4.78 is 7.84. The Morgan fingerprint density at radius 3 is 2.52 bits per heavy atom. The molecule has 0 unspecified atom stereocenters. The topological polar surface area (TPSA) is 39.9 Å². The van der Waals surface area contributed by atoms with Gasteiger partial charge >= 0.3 is 0 Å². The lowest BCUT2D eigenvalue weighted by Gasteiger charge is -2.24. The number of rotatable bonds is 8. The van der Waals surface area contributed by atoms with Crippen LogP contribution in [0.15, 0.2) is 36.7 Å². The van der Waals surface area contributed by atoms with Gasteiger partial charge in [-0.3, -0.25) is 4.68 Å². The molecule has 1 aromatic carbocycles. The minimum Gasteiger partial charge on any atom is -0.488 e. The van der Waals surface area contributed by atoms with E-state index in [1.54, 1.807) is 6.20 Å². The number of aromatic nitrogens is 3. The van der Waals surface area contributed by atoms with Gasteiger partial charge in [0.25, 0.3) is 0 Å². The average molecular weight is 287 g/mol. The van der Waals surface area contributed by atoms with Crippen molar-refractivity contribution >= 4 is 0 Å².